The Bertz CT molecular complexity index is 3160. The van der Waals surface area contributed by atoms with Crippen LogP contribution in [-0.2, 0) is 5.41 Å². The van der Waals surface area contributed by atoms with Crippen molar-refractivity contribution in [1.29, 1.82) is 0 Å². The summed E-state index contributed by atoms with van der Waals surface area (Å²) in [5, 5.41) is 2.45. The second kappa shape index (κ2) is 13.6. The van der Waals surface area contributed by atoms with Crippen LogP contribution in [0.3, 0.4) is 0 Å². The first-order valence-corrected chi connectivity index (χ1v) is 20.4. The standard InChI is InChI=1S/C56H36N4/c1-4-18-37(19-5-1)53-57-54(38-20-6-2-7-21-38)59-55(58-53)42-25-16-24-41(34-42)44-28-17-31-48-52(44)45-35-39-22-10-11-23-40(39)36-49(45)56(48)46-29-12-14-32-50(46)60(43-26-8-3-9-27-43)51-33-15-13-30-47(51)56/h1-36H. The third kappa shape index (κ3) is 5.14. The van der Waals surface area contributed by atoms with Crippen LogP contribution in [0.15, 0.2) is 218 Å². The second-order valence-electron chi connectivity index (χ2n) is 15.5. The Kier molecular flexibility index (Phi) is 7.72. The molecule has 9 aromatic carbocycles. The summed E-state index contributed by atoms with van der Waals surface area (Å²) >= 11 is 0. The van der Waals surface area contributed by atoms with Crippen LogP contribution >= 0.6 is 0 Å². The van der Waals surface area contributed by atoms with Crippen LogP contribution in [0.25, 0.3) is 67.2 Å². The van der Waals surface area contributed by atoms with E-state index < -0.39 is 5.41 Å². The number of nitrogens with zero attached hydrogens (tertiary/aromatic N) is 4. The summed E-state index contributed by atoms with van der Waals surface area (Å²) in [5.41, 5.74) is 15.6. The van der Waals surface area contributed by atoms with Gasteiger partial charge in [-0.25, -0.2) is 15.0 Å². The maximum Gasteiger partial charge on any atom is 0.164 e. The Morgan fingerprint density at radius 2 is 0.783 bits per heavy atom. The zero-order valence-corrected chi connectivity index (χ0v) is 32.6. The fourth-order valence-electron chi connectivity index (χ4n) is 9.74. The van der Waals surface area contributed by atoms with Crippen LogP contribution in [0.4, 0.5) is 17.1 Å². The van der Waals surface area contributed by atoms with E-state index in [1.165, 1.54) is 61.1 Å². The molecule has 1 aliphatic heterocycles. The number of fused-ring (bicyclic) bond motifs is 10. The molecular weight excluding hydrogens is 729 g/mol. The molecule has 0 radical (unpaired) electrons. The summed E-state index contributed by atoms with van der Waals surface area (Å²) in [5.74, 6) is 1.93. The first-order chi connectivity index (χ1) is 29.8. The van der Waals surface area contributed by atoms with Crippen molar-refractivity contribution in [2.24, 2.45) is 0 Å². The molecule has 4 heteroatoms. The lowest BCUT2D eigenvalue weighted by atomic mass is 9.64. The van der Waals surface area contributed by atoms with Gasteiger partial charge in [-0.2, -0.15) is 0 Å². The van der Waals surface area contributed by atoms with Gasteiger partial charge in [0.05, 0.1) is 16.8 Å². The highest BCUT2D eigenvalue weighted by Gasteiger charge is 2.52. The largest absolute Gasteiger partial charge is 0.310 e. The molecule has 0 saturated carbocycles. The highest BCUT2D eigenvalue weighted by atomic mass is 15.2. The number of hydrogen-bond donors (Lipinski definition) is 0. The second-order valence-corrected chi connectivity index (χ2v) is 15.5. The monoisotopic (exact) mass is 764 g/mol. The number of benzene rings is 9. The Balaban J connectivity index is 1.11. The zero-order valence-electron chi connectivity index (χ0n) is 32.6. The van der Waals surface area contributed by atoms with Crippen LogP contribution in [0.1, 0.15) is 22.3 Å². The molecule has 1 aliphatic carbocycles. The van der Waals surface area contributed by atoms with Crippen LogP contribution in [-0.4, -0.2) is 15.0 Å². The Hall–Kier alpha value is -7.95. The molecular formula is C56H36N4. The fraction of sp³-hybridized carbons (Fsp3) is 0.0179. The van der Waals surface area contributed by atoms with Gasteiger partial charge in [-0.15, -0.1) is 0 Å². The molecule has 0 bridgehead atoms. The van der Waals surface area contributed by atoms with Gasteiger partial charge in [0.25, 0.3) is 0 Å². The van der Waals surface area contributed by atoms with Crippen molar-refractivity contribution in [3.8, 4) is 56.4 Å². The van der Waals surface area contributed by atoms with Gasteiger partial charge in [0.1, 0.15) is 0 Å². The quantitative estimate of drug-likeness (QED) is 0.175. The van der Waals surface area contributed by atoms with Crippen LogP contribution in [0.2, 0.25) is 0 Å². The van der Waals surface area contributed by atoms with E-state index in [1.54, 1.807) is 0 Å². The lowest BCUT2D eigenvalue weighted by Gasteiger charge is -2.45. The number of hydrogen-bond acceptors (Lipinski definition) is 4. The molecule has 2 aliphatic rings. The summed E-state index contributed by atoms with van der Waals surface area (Å²) < 4.78 is 0. The van der Waals surface area contributed by atoms with E-state index in [-0.39, 0.29) is 0 Å². The minimum Gasteiger partial charge on any atom is -0.310 e. The summed E-state index contributed by atoms with van der Waals surface area (Å²) in [6.07, 6.45) is 0. The molecule has 280 valence electrons. The van der Waals surface area contributed by atoms with Crippen LogP contribution < -0.4 is 4.90 Å². The van der Waals surface area contributed by atoms with Crippen LogP contribution in [0, 0.1) is 0 Å². The van der Waals surface area contributed by atoms with Gasteiger partial charge in [-0.05, 0) is 97.7 Å². The first kappa shape index (κ1) is 34.1. The van der Waals surface area contributed by atoms with E-state index in [4.69, 9.17) is 15.0 Å². The SMILES string of the molecule is c1ccc(-c2nc(-c3ccccc3)nc(-c3cccc(-c4cccc5c4-c4cc6ccccc6cc4C54c5ccccc5N(c5ccccc5)c5ccccc54)c3)n2)cc1. The zero-order chi connectivity index (χ0) is 39.6. The average molecular weight is 765 g/mol. The molecule has 2 heterocycles. The number of para-hydroxylation sites is 3. The molecule has 12 rings (SSSR count). The molecule has 0 fully saturated rings. The minimum absolute atomic E-state index is 0.579. The van der Waals surface area contributed by atoms with Gasteiger partial charge in [-0.1, -0.05) is 176 Å². The summed E-state index contributed by atoms with van der Waals surface area (Å²) in [6.45, 7) is 0. The van der Waals surface area contributed by atoms with Gasteiger partial charge in [0, 0.05) is 22.4 Å². The lowest BCUT2D eigenvalue weighted by molar-refractivity contribution is 0.754. The number of rotatable bonds is 5. The first-order valence-electron chi connectivity index (χ1n) is 20.4. The molecule has 0 amide bonds. The van der Waals surface area contributed by atoms with Gasteiger partial charge in [-0.3, -0.25) is 0 Å². The van der Waals surface area contributed by atoms with Crippen molar-refractivity contribution in [3.05, 3.63) is 241 Å². The van der Waals surface area contributed by atoms with Crippen LogP contribution in [0.5, 0.6) is 0 Å². The Morgan fingerprint density at radius 1 is 0.317 bits per heavy atom. The molecule has 10 aromatic rings. The summed E-state index contributed by atoms with van der Waals surface area (Å²) in [7, 11) is 0. The predicted molar refractivity (Wildman–Crippen MR) is 245 cm³/mol. The highest BCUT2D eigenvalue weighted by Crippen LogP contribution is 2.65. The lowest BCUT2D eigenvalue weighted by Crippen LogP contribution is -2.36. The maximum atomic E-state index is 5.10. The summed E-state index contributed by atoms with van der Waals surface area (Å²) in [6, 6.07) is 78.3. The van der Waals surface area contributed by atoms with E-state index in [0.29, 0.717) is 17.5 Å². The normalized spacial score (nSPS) is 13.1. The Morgan fingerprint density at radius 3 is 1.42 bits per heavy atom. The van der Waals surface area contributed by atoms with E-state index in [0.717, 1.165) is 27.9 Å². The molecule has 1 aromatic heterocycles. The van der Waals surface area contributed by atoms with Gasteiger partial charge >= 0.3 is 0 Å². The molecule has 4 nitrogen and oxygen atoms in total. The molecule has 0 N–H and O–H groups in total. The van der Waals surface area contributed by atoms with Gasteiger partial charge < -0.3 is 4.90 Å². The molecule has 0 atom stereocenters. The number of aromatic nitrogens is 3. The topological polar surface area (TPSA) is 41.9 Å². The number of anilines is 3. The molecule has 60 heavy (non-hydrogen) atoms. The van der Waals surface area contributed by atoms with Crippen molar-refractivity contribution in [3.63, 3.8) is 0 Å². The fourth-order valence-corrected chi connectivity index (χ4v) is 9.74. The molecule has 1 spiro atoms. The van der Waals surface area contributed by atoms with Gasteiger partial charge in [0.2, 0.25) is 0 Å². The van der Waals surface area contributed by atoms with Crippen molar-refractivity contribution in [2.45, 2.75) is 5.41 Å². The van der Waals surface area contributed by atoms with Crippen molar-refractivity contribution >= 4 is 27.8 Å². The van der Waals surface area contributed by atoms with Crippen molar-refractivity contribution < 1.29 is 0 Å². The van der Waals surface area contributed by atoms with E-state index in [1.807, 2.05) is 36.4 Å². The highest BCUT2D eigenvalue weighted by molar-refractivity contribution is 6.04. The smallest absolute Gasteiger partial charge is 0.164 e. The Labute approximate surface area is 348 Å². The molecule has 0 saturated heterocycles. The van der Waals surface area contributed by atoms with Crippen molar-refractivity contribution in [1.82, 2.24) is 15.0 Å². The summed E-state index contributed by atoms with van der Waals surface area (Å²) in [4.78, 5) is 17.6. The predicted octanol–water partition coefficient (Wildman–Crippen LogP) is 13.8. The van der Waals surface area contributed by atoms with Gasteiger partial charge in [0.15, 0.2) is 17.5 Å². The average Bonchev–Trinajstić information content (AvgIpc) is 3.61. The van der Waals surface area contributed by atoms with E-state index in [9.17, 15) is 0 Å². The third-order valence-corrected chi connectivity index (χ3v) is 12.3. The third-order valence-electron chi connectivity index (χ3n) is 12.3. The molecule has 0 unspecified atom stereocenters. The minimum atomic E-state index is -0.579. The van der Waals surface area contributed by atoms with Crippen molar-refractivity contribution in [2.75, 3.05) is 4.90 Å². The van der Waals surface area contributed by atoms with E-state index >= 15 is 0 Å². The maximum absolute atomic E-state index is 5.10. The van der Waals surface area contributed by atoms with E-state index in [2.05, 4.69) is 187 Å².